The molecule has 3 aromatic carbocycles. The van der Waals surface area contributed by atoms with E-state index in [2.05, 4.69) is 0 Å². The molecule has 38 heavy (non-hydrogen) atoms. The highest BCUT2D eigenvalue weighted by molar-refractivity contribution is 6.30. The molecule has 8 heteroatoms. The number of anilines is 1. The van der Waals surface area contributed by atoms with Gasteiger partial charge in [0.05, 0.1) is 39.0 Å². The van der Waals surface area contributed by atoms with Crippen LogP contribution in [-0.4, -0.2) is 43.8 Å². The lowest BCUT2D eigenvalue weighted by atomic mass is 9.89. The van der Waals surface area contributed by atoms with E-state index >= 15 is 0 Å². The Bertz CT molecular complexity index is 1270. The molecule has 0 saturated carbocycles. The molecule has 3 aromatic rings. The normalized spacial score (nSPS) is 16.4. The Kier molecular flexibility index (Phi) is 8.79. The number of rotatable bonds is 8. The average Bonchev–Trinajstić information content (AvgIpc) is 2.92. The predicted octanol–water partition coefficient (Wildman–Crippen LogP) is 6.42. The monoisotopic (exact) mass is 536 g/mol. The van der Waals surface area contributed by atoms with E-state index in [1.165, 1.54) is 0 Å². The maximum absolute atomic E-state index is 13.9. The van der Waals surface area contributed by atoms with Crippen LogP contribution >= 0.6 is 11.6 Å². The van der Waals surface area contributed by atoms with E-state index in [1.54, 1.807) is 44.2 Å². The van der Waals surface area contributed by atoms with Gasteiger partial charge in [-0.05, 0) is 49.6 Å². The van der Waals surface area contributed by atoms with Gasteiger partial charge >= 0.3 is 6.09 Å². The molecular formula is C30H33ClN2O5. The molecule has 7 nitrogen and oxygen atoms in total. The molecule has 2 atom stereocenters. The van der Waals surface area contributed by atoms with E-state index in [4.69, 9.17) is 25.8 Å². The molecular weight excluding hydrogens is 504 g/mol. The molecule has 200 valence electrons. The first-order chi connectivity index (χ1) is 18.4. The van der Waals surface area contributed by atoms with Gasteiger partial charge in [0.15, 0.2) is 11.5 Å². The number of ether oxygens (including phenoxy) is 3. The Labute approximate surface area is 228 Å². The highest BCUT2D eigenvalue weighted by Gasteiger charge is 2.39. The third kappa shape index (κ3) is 5.89. The Morgan fingerprint density at radius 3 is 2.26 bits per heavy atom. The lowest BCUT2D eigenvalue weighted by Gasteiger charge is -2.43. The number of halogens is 1. The highest BCUT2D eigenvalue weighted by atomic mass is 35.5. The average molecular weight is 537 g/mol. The molecule has 0 N–H and O–H groups in total. The number of benzene rings is 3. The Hall–Kier alpha value is -3.71. The summed E-state index contributed by atoms with van der Waals surface area (Å²) in [6.07, 6.45) is 0.313. The van der Waals surface area contributed by atoms with E-state index in [0.717, 1.165) is 16.7 Å². The lowest BCUT2D eigenvalue weighted by molar-refractivity contribution is -0.134. The van der Waals surface area contributed by atoms with Crippen LogP contribution < -0.4 is 14.4 Å². The molecule has 0 aliphatic carbocycles. The summed E-state index contributed by atoms with van der Waals surface area (Å²) < 4.78 is 16.6. The van der Waals surface area contributed by atoms with Crippen molar-refractivity contribution in [3.8, 4) is 11.5 Å². The lowest BCUT2D eigenvalue weighted by Crippen LogP contribution is -2.48. The Morgan fingerprint density at radius 2 is 1.63 bits per heavy atom. The van der Waals surface area contributed by atoms with Crippen molar-refractivity contribution in [2.45, 2.75) is 45.3 Å². The Balaban J connectivity index is 1.81. The van der Waals surface area contributed by atoms with Crippen LogP contribution in [0.1, 0.15) is 43.0 Å². The Morgan fingerprint density at radius 1 is 0.974 bits per heavy atom. The smallest absolute Gasteiger partial charge is 0.414 e. The van der Waals surface area contributed by atoms with Crippen LogP contribution in [0, 0.1) is 0 Å². The maximum Gasteiger partial charge on any atom is 0.414 e. The summed E-state index contributed by atoms with van der Waals surface area (Å²) in [6.45, 7) is 4.42. The first-order valence-electron chi connectivity index (χ1n) is 12.7. The van der Waals surface area contributed by atoms with Gasteiger partial charge < -0.3 is 19.1 Å². The summed E-state index contributed by atoms with van der Waals surface area (Å²) in [4.78, 5) is 30.5. The van der Waals surface area contributed by atoms with Crippen LogP contribution in [0.4, 0.5) is 10.5 Å². The largest absolute Gasteiger partial charge is 0.493 e. The van der Waals surface area contributed by atoms with Crippen LogP contribution in [-0.2, 0) is 22.5 Å². The minimum absolute atomic E-state index is 0.0290. The van der Waals surface area contributed by atoms with Crippen LogP contribution in [0.25, 0.3) is 0 Å². The first-order valence-corrected chi connectivity index (χ1v) is 13.0. The van der Waals surface area contributed by atoms with Crippen molar-refractivity contribution in [3.05, 3.63) is 88.4 Å². The first kappa shape index (κ1) is 27.3. The number of hydrogen-bond acceptors (Lipinski definition) is 5. The zero-order chi connectivity index (χ0) is 27.2. The topological polar surface area (TPSA) is 68.3 Å². The van der Waals surface area contributed by atoms with Crippen molar-refractivity contribution >= 4 is 29.3 Å². The molecule has 0 aromatic heterocycles. The van der Waals surface area contributed by atoms with Gasteiger partial charge in [0, 0.05) is 29.2 Å². The minimum atomic E-state index is -0.436. The number of fused-ring (bicyclic) bond motifs is 1. The molecule has 0 bridgehead atoms. The second-order valence-corrected chi connectivity index (χ2v) is 9.68. The van der Waals surface area contributed by atoms with Gasteiger partial charge in [0.2, 0.25) is 5.91 Å². The van der Waals surface area contributed by atoms with Gasteiger partial charge in [0.25, 0.3) is 0 Å². The summed E-state index contributed by atoms with van der Waals surface area (Å²) in [6, 6.07) is 20.3. The molecule has 2 amide bonds. The maximum atomic E-state index is 13.9. The van der Waals surface area contributed by atoms with Crippen LogP contribution in [0.5, 0.6) is 11.5 Å². The molecule has 0 radical (unpaired) electrons. The molecule has 0 unspecified atom stereocenters. The number of nitrogens with zero attached hydrogens (tertiary/aromatic N) is 2. The summed E-state index contributed by atoms with van der Waals surface area (Å²) in [5, 5.41) is 0.623. The van der Waals surface area contributed by atoms with Crippen molar-refractivity contribution < 1.29 is 23.8 Å². The number of methoxy groups -OCH3 is 2. The highest BCUT2D eigenvalue weighted by Crippen LogP contribution is 2.46. The second-order valence-electron chi connectivity index (χ2n) is 9.25. The van der Waals surface area contributed by atoms with Crippen LogP contribution in [0.2, 0.25) is 5.02 Å². The van der Waals surface area contributed by atoms with Gasteiger partial charge in [-0.15, -0.1) is 0 Å². The molecule has 0 spiro atoms. The van der Waals surface area contributed by atoms with Gasteiger partial charge in [-0.25, -0.2) is 4.79 Å². The van der Waals surface area contributed by atoms with Gasteiger partial charge in [-0.3, -0.25) is 9.69 Å². The van der Waals surface area contributed by atoms with E-state index in [-0.39, 0.29) is 31.0 Å². The van der Waals surface area contributed by atoms with E-state index < -0.39 is 6.09 Å². The van der Waals surface area contributed by atoms with Crippen molar-refractivity contribution in [2.24, 2.45) is 0 Å². The predicted molar refractivity (Wildman–Crippen MR) is 148 cm³/mol. The standard InChI is InChI=1S/C30H33ClN2O5/c1-5-38-30(35)33-20(2)15-25(24-17-27(36-3)28(37-4)18-26(24)33)32(19-22-9-7-6-8-10-22)29(34)16-21-11-13-23(31)14-12-21/h6-14,17-18,20,25H,5,15-16,19H2,1-4H3/t20-,25+/m1/s1. The number of carbonyl (C=O) groups is 2. The van der Waals surface area contributed by atoms with E-state index in [9.17, 15) is 9.59 Å². The van der Waals surface area contributed by atoms with E-state index in [0.29, 0.717) is 35.2 Å². The van der Waals surface area contributed by atoms with Gasteiger partial charge in [0.1, 0.15) is 0 Å². The van der Waals surface area contributed by atoms with Crippen molar-refractivity contribution in [1.82, 2.24) is 4.90 Å². The van der Waals surface area contributed by atoms with Crippen LogP contribution in [0.15, 0.2) is 66.7 Å². The summed E-state index contributed by atoms with van der Waals surface area (Å²) in [5.41, 5.74) is 3.33. The summed E-state index contributed by atoms with van der Waals surface area (Å²) in [5.74, 6) is 0.994. The molecule has 4 rings (SSSR count). The molecule has 0 fully saturated rings. The van der Waals surface area contributed by atoms with Crippen molar-refractivity contribution in [3.63, 3.8) is 0 Å². The summed E-state index contributed by atoms with van der Waals surface area (Å²) in [7, 11) is 3.13. The number of hydrogen-bond donors (Lipinski definition) is 0. The fraction of sp³-hybridized carbons (Fsp3) is 0.333. The fourth-order valence-electron chi connectivity index (χ4n) is 4.95. The number of amides is 2. The van der Waals surface area contributed by atoms with Gasteiger partial charge in [-0.1, -0.05) is 54.1 Å². The second kappa shape index (κ2) is 12.2. The SMILES string of the molecule is CCOC(=O)N1c2cc(OC)c(OC)cc2[C@@H](N(Cc2ccccc2)C(=O)Cc2ccc(Cl)cc2)C[C@H]1C. The summed E-state index contributed by atoms with van der Waals surface area (Å²) >= 11 is 6.07. The molecule has 1 heterocycles. The minimum Gasteiger partial charge on any atom is -0.493 e. The zero-order valence-electron chi connectivity index (χ0n) is 22.1. The molecule has 1 aliphatic rings. The van der Waals surface area contributed by atoms with E-state index in [1.807, 2.05) is 60.4 Å². The fourth-order valence-corrected chi connectivity index (χ4v) is 5.08. The van der Waals surface area contributed by atoms with Crippen molar-refractivity contribution in [1.29, 1.82) is 0 Å². The van der Waals surface area contributed by atoms with Gasteiger partial charge in [-0.2, -0.15) is 0 Å². The quantitative estimate of drug-likeness (QED) is 0.332. The number of carbonyl (C=O) groups excluding carboxylic acids is 2. The van der Waals surface area contributed by atoms with Crippen LogP contribution in [0.3, 0.4) is 0 Å². The molecule has 1 aliphatic heterocycles. The zero-order valence-corrected chi connectivity index (χ0v) is 22.9. The third-order valence-corrected chi connectivity index (χ3v) is 7.03. The van der Waals surface area contributed by atoms with Crippen molar-refractivity contribution in [2.75, 3.05) is 25.7 Å². The molecule has 0 saturated heterocycles. The third-order valence-electron chi connectivity index (χ3n) is 6.78.